The normalized spacial score (nSPS) is 10.7. The lowest BCUT2D eigenvalue weighted by Gasteiger charge is -2.07. The van der Waals surface area contributed by atoms with E-state index in [2.05, 4.69) is 10.3 Å². The van der Waals surface area contributed by atoms with E-state index >= 15 is 0 Å². The van der Waals surface area contributed by atoms with Gasteiger partial charge in [-0.2, -0.15) is 0 Å². The van der Waals surface area contributed by atoms with Gasteiger partial charge in [-0.3, -0.25) is 10.1 Å². The number of ether oxygens (including phenoxy) is 2. The van der Waals surface area contributed by atoms with E-state index in [1.54, 1.807) is 32.4 Å². The fourth-order valence-corrected chi connectivity index (χ4v) is 3.07. The van der Waals surface area contributed by atoms with E-state index < -0.39 is 0 Å². The molecular weight excluding hydrogens is 348 g/mol. The van der Waals surface area contributed by atoms with E-state index in [9.17, 15) is 4.79 Å². The Morgan fingerprint density at radius 3 is 2.58 bits per heavy atom. The first-order chi connectivity index (χ1) is 12.7. The molecule has 0 aliphatic carbocycles. The number of thiazole rings is 1. The quantitative estimate of drug-likeness (QED) is 0.654. The SMILES string of the molecule is COc1ccc(C=CC(=O)Nc2nc(-c3ccccc3)cs2)cc1OC. The second-order valence-corrected chi connectivity index (χ2v) is 6.20. The lowest BCUT2D eigenvalue weighted by molar-refractivity contribution is -0.111. The summed E-state index contributed by atoms with van der Waals surface area (Å²) in [5.41, 5.74) is 2.70. The van der Waals surface area contributed by atoms with Crippen molar-refractivity contribution >= 4 is 28.5 Å². The summed E-state index contributed by atoms with van der Waals surface area (Å²) in [5, 5.41) is 5.26. The molecule has 0 spiro atoms. The highest BCUT2D eigenvalue weighted by Crippen LogP contribution is 2.28. The number of anilines is 1. The van der Waals surface area contributed by atoms with Crippen LogP contribution in [0, 0.1) is 0 Å². The van der Waals surface area contributed by atoms with Crippen LogP contribution in [0.3, 0.4) is 0 Å². The number of nitrogens with one attached hydrogen (secondary N) is 1. The monoisotopic (exact) mass is 366 g/mol. The van der Waals surface area contributed by atoms with E-state index in [1.807, 2.05) is 41.8 Å². The summed E-state index contributed by atoms with van der Waals surface area (Å²) < 4.78 is 10.5. The van der Waals surface area contributed by atoms with E-state index in [4.69, 9.17) is 9.47 Å². The van der Waals surface area contributed by atoms with Crippen molar-refractivity contribution in [3.8, 4) is 22.8 Å². The highest BCUT2D eigenvalue weighted by Gasteiger charge is 2.07. The Kier molecular flexibility index (Phi) is 5.66. The number of rotatable bonds is 6. The first-order valence-electron chi connectivity index (χ1n) is 7.91. The Bertz CT molecular complexity index is 920. The standard InChI is InChI=1S/C20H18N2O3S/c1-24-17-10-8-14(12-18(17)25-2)9-11-19(23)22-20-21-16(13-26-20)15-6-4-3-5-7-15/h3-13H,1-2H3,(H,21,22,23). The molecule has 132 valence electrons. The van der Waals surface area contributed by atoms with Crippen molar-refractivity contribution in [1.82, 2.24) is 4.98 Å². The van der Waals surface area contributed by atoms with Crippen molar-refractivity contribution < 1.29 is 14.3 Å². The van der Waals surface area contributed by atoms with Crippen LogP contribution in [0.1, 0.15) is 5.56 Å². The van der Waals surface area contributed by atoms with Crippen molar-refractivity contribution in [3.63, 3.8) is 0 Å². The number of hydrogen-bond donors (Lipinski definition) is 1. The molecule has 6 heteroatoms. The summed E-state index contributed by atoms with van der Waals surface area (Å²) in [7, 11) is 3.16. The fraction of sp³-hybridized carbons (Fsp3) is 0.100. The van der Waals surface area contributed by atoms with Crippen molar-refractivity contribution in [1.29, 1.82) is 0 Å². The molecular formula is C20H18N2O3S. The fourth-order valence-electron chi connectivity index (χ4n) is 2.35. The maximum absolute atomic E-state index is 12.1. The lowest BCUT2D eigenvalue weighted by Crippen LogP contribution is -2.07. The van der Waals surface area contributed by atoms with Crippen molar-refractivity contribution in [2.75, 3.05) is 19.5 Å². The smallest absolute Gasteiger partial charge is 0.250 e. The molecule has 0 bridgehead atoms. The second kappa shape index (κ2) is 8.31. The summed E-state index contributed by atoms with van der Waals surface area (Å²) in [5.74, 6) is 1.02. The van der Waals surface area contributed by atoms with Gasteiger partial charge < -0.3 is 9.47 Å². The molecule has 0 radical (unpaired) electrons. The van der Waals surface area contributed by atoms with Crippen LogP contribution in [0.5, 0.6) is 11.5 Å². The third-order valence-electron chi connectivity index (χ3n) is 3.64. The van der Waals surface area contributed by atoms with Crippen LogP contribution in [0.15, 0.2) is 60.0 Å². The molecule has 26 heavy (non-hydrogen) atoms. The van der Waals surface area contributed by atoms with E-state index in [1.165, 1.54) is 17.4 Å². The van der Waals surface area contributed by atoms with Crippen molar-refractivity contribution in [2.24, 2.45) is 0 Å². The molecule has 1 heterocycles. The van der Waals surface area contributed by atoms with Crippen molar-refractivity contribution in [2.45, 2.75) is 0 Å². The zero-order chi connectivity index (χ0) is 18.4. The number of nitrogens with zero attached hydrogens (tertiary/aromatic N) is 1. The molecule has 3 aromatic rings. The molecule has 0 aliphatic rings. The Morgan fingerprint density at radius 2 is 1.85 bits per heavy atom. The summed E-state index contributed by atoms with van der Waals surface area (Å²) in [6.07, 6.45) is 3.17. The van der Waals surface area contributed by atoms with Gasteiger partial charge in [0.25, 0.3) is 0 Å². The van der Waals surface area contributed by atoms with Gasteiger partial charge in [-0.15, -0.1) is 11.3 Å². The molecule has 1 amide bonds. The molecule has 1 N–H and O–H groups in total. The minimum absolute atomic E-state index is 0.242. The number of hydrogen-bond acceptors (Lipinski definition) is 5. The zero-order valence-electron chi connectivity index (χ0n) is 14.4. The molecule has 0 fully saturated rings. The van der Waals surface area contributed by atoms with Gasteiger partial charge in [-0.05, 0) is 23.8 Å². The number of aromatic nitrogens is 1. The largest absolute Gasteiger partial charge is 0.493 e. The molecule has 0 atom stereocenters. The number of benzene rings is 2. The van der Waals surface area contributed by atoms with Crippen LogP contribution in [0.4, 0.5) is 5.13 Å². The summed E-state index contributed by atoms with van der Waals surface area (Å²) in [6.45, 7) is 0. The molecule has 3 rings (SSSR count). The van der Waals surface area contributed by atoms with Crippen LogP contribution in [-0.2, 0) is 4.79 Å². The molecule has 0 unspecified atom stereocenters. The first-order valence-corrected chi connectivity index (χ1v) is 8.79. The first kappa shape index (κ1) is 17.7. The zero-order valence-corrected chi connectivity index (χ0v) is 15.2. The summed E-state index contributed by atoms with van der Waals surface area (Å²) in [6, 6.07) is 15.3. The molecule has 1 aromatic heterocycles. The number of methoxy groups -OCH3 is 2. The molecule has 2 aromatic carbocycles. The van der Waals surface area contributed by atoms with Gasteiger partial charge in [-0.25, -0.2) is 4.98 Å². The molecule has 0 saturated heterocycles. The average molecular weight is 366 g/mol. The van der Waals surface area contributed by atoms with Crippen molar-refractivity contribution in [3.05, 3.63) is 65.6 Å². The third-order valence-corrected chi connectivity index (χ3v) is 4.40. The molecule has 0 saturated carbocycles. The summed E-state index contributed by atoms with van der Waals surface area (Å²) >= 11 is 1.39. The summed E-state index contributed by atoms with van der Waals surface area (Å²) in [4.78, 5) is 16.6. The highest BCUT2D eigenvalue weighted by atomic mass is 32.1. The maximum atomic E-state index is 12.1. The predicted octanol–water partition coefficient (Wildman–Crippen LogP) is 4.48. The van der Waals surface area contributed by atoms with Crippen LogP contribution in [0.25, 0.3) is 17.3 Å². The van der Waals surface area contributed by atoms with Crippen LogP contribution in [-0.4, -0.2) is 25.1 Å². The average Bonchev–Trinajstić information content (AvgIpc) is 3.15. The maximum Gasteiger partial charge on any atom is 0.250 e. The van der Waals surface area contributed by atoms with Gasteiger partial charge in [0.15, 0.2) is 16.6 Å². The Balaban J connectivity index is 1.66. The topological polar surface area (TPSA) is 60.5 Å². The van der Waals surface area contributed by atoms with Gasteiger partial charge in [0.2, 0.25) is 5.91 Å². The Morgan fingerprint density at radius 1 is 1.08 bits per heavy atom. The third kappa shape index (κ3) is 4.29. The van der Waals surface area contributed by atoms with Gasteiger partial charge >= 0.3 is 0 Å². The Hall–Kier alpha value is -3.12. The lowest BCUT2D eigenvalue weighted by atomic mass is 10.2. The van der Waals surface area contributed by atoms with E-state index in [0.29, 0.717) is 16.6 Å². The van der Waals surface area contributed by atoms with Gasteiger partial charge in [0.1, 0.15) is 0 Å². The molecule has 5 nitrogen and oxygen atoms in total. The van der Waals surface area contributed by atoms with Crippen LogP contribution in [0.2, 0.25) is 0 Å². The number of amides is 1. The predicted molar refractivity (Wildman–Crippen MR) is 105 cm³/mol. The number of carbonyl (C=O) groups excluding carboxylic acids is 1. The number of carbonyl (C=O) groups is 1. The highest BCUT2D eigenvalue weighted by molar-refractivity contribution is 7.14. The second-order valence-electron chi connectivity index (χ2n) is 5.34. The minimum Gasteiger partial charge on any atom is -0.493 e. The van der Waals surface area contributed by atoms with E-state index in [-0.39, 0.29) is 5.91 Å². The molecule has 0 aliphatic heterocycles. The Labute approximate surface area is 155 Å². The van der Waals surface area contributed by atoms with Crippen LogP contribution >= 0.6 is 11.3 Å². The van der Waals surface area contributed by atoms with Gasteiger partial charge in [0.05, 0.1) is 19.9 Å². The van der Waals surface area contributed by atoms with E-state index in [0.717, 1.165) is 16.8 Å². The van der Waals surface area contributed by atoms with Gasteiger partial charge in [0, 0.05) is 17.0 Å². The van der Waals surface area contributed by atoms with Gasteiger partial charge in [-0.1, -0.05) is 36.4 Å². The van der Waals surface area contributed by atoms with Crippen LogP contribution < -0.4 is 14.8 Å². The minimum atomic E-state index is -0.242.